The Kier molecular flexibility index (Phi) is 4.37. The Labute approximate surface area is 135 Å². The molecule has 0 bridgehead atoms. The topological polar surface area (TPSA) is 48.0 Å². The van der Waals surface area contributed by atoms with Crippen molar-refractivity contribution in [3.8, 4) is 11.5 Å². The standard InChI is InChI=1S/C18H19NO4/c1-21-15-7-3-13(4-8-15)11-19-17(12-23-18(19)20)14-5-9-16(22-2)10-6-14/h3-10,17H,11-12H2,1-2H3/t17-/m0/s1. The Hall–Kier alpha value is -2.69. The predicted octanol–water partition coefficient (Wildman–Crippen LogP) is 3.40. The van der Waals surface area contributed by atoms with Gasteiger partial charge in [0.2, 0.25) is 0 Å². The molecular weight excluding hydrogens is 294 g/mol. The molecule has 5 nitrogen and oxygen atoms in total. The lowest BCUT2D eigenvalue weighted by molar-refractivity contribution is 0.156. The minimum atomic E-state index is -0.290. The number of ether oxygens (including phenoxy) is 3. The summed E-state index contributed by atoms with van der Waals surface area (Å²) in [7, 11) is 3.26. The van der Waals surface area contributed by atoms with Gasteiger partial charge in [-0.1, -0.05) is 24.3 Å². The van der Waals surface area contributed by atoms with E-state index in [9.17, 15) is 4.79 Å². The van der Waals surface area contributed by atoms with Crippen LogP contribution in [0.5, 0.6) is 11.5 Å². The second kappa shape index (κ2) is 6.60. The summed E-state index contributed by atoms with van der Waals surface area (Å²) >= 11 is 0. The molecule has 1 aliphatic rings. The first-order chi connectivity index (χ1) is 11.2. The van der Waals surface area contributed by atoms with Gasteiger partial charge in [-0.25, -0.2) is 4.79 Å². The van der Waals surface area contributed by atoms with Crippen molar-refractivity contribution in [2.45, 2.75) is 12.6 Å². The van der Waals surface area contributed by atoms with E-state index in [2.05, 4.69) is 0 Å². The van der Waals surface area contributed by atoms with Gasteiger partial charge in [0.05, 0.1) is 20.3 Å². The van der Waals surface area contributed by atoms with Crippen LogP contribution in [0, 0.1) is 0 Å². The third-order valence-electron chi connectivity index (χ3n) is 3.99. The van der Waals surface area contributed by atoms with Crippen molar-refractivity contribution in [3.05, 3.63) is 59.7 Å². The first kappa shape index (κ1) is 15.2. The average molecular weight is 313 g/mol. The van der Waals surface area contributed by atoms with Crippen LogP contribution in [0.4, 0.5) is 4.79 Å². The van der Waals surface area contributed by atoms with E-state index in [0.717, 1.165) is 22.6 Å². The van der Waals surface area contributed by atoms with Crippen LogP contribution in [0.2, 0.25) is 0 Å². The molecule has 0 aromatic heterocycles. The third kappa shape index (κ3) is 3.23. The number of methoxy groups -OCH3 is 2. The van der Waals surface area contributed by atoms with E-state index in [0.29, 0.717) is 13.2 Å². The van der Waals surface area contributed by atoms with Crippen molar-refractivity contribution in [1.82, 2.24) is 4.90 Å². The summed E-state index contributed by atoms with van der Waals surface area (Å²) in [4.78, 5) is 13.8. The van der Waals surface area contributed by atoms with Gasteiger partial charge in [0, 0.05) is 6.54 Å². The Morgan fingerprint density at radius 3 is 2.13 bits per heavy atom. The summed E-state index contributed by atoms with van der Waals surface area (Å²) in [5, 5.41) is 0. The van der Waals surface area contributed by atoms with E-state index in [1.165, 1.54) is 0 Å². The van der Waals surface area contributed by atoms with Gasteiger partial charge in [0.1, 0.15) is 18.1 Å². The van der Waals surface area contributed by atoms with Crippen LogP contribution in [-0.2, 0) is 11.3 Å². The zero-order chi connectivity index (χ0) is 16.2. The molecule has 2 aromatic rings. The lowest BCUT2D eigenvalue weighted by Crippen LogP contribution is -2.27. The maximum Gasteiger partial charge on any atom is 0.410 e. The molecular formula is C18H19NO4. The highest BCUT2D eigenvalue weighted by Gasteiger charge is 2.33. The minimum Gasteiger partial charge on any atom is -0.497 e. The van der Waals surface area contributed by atoms with Crippen molar-refractivity contribution in [3.63, 3.8) is 0 Å². The Morgan fingerprint density at radius 1 is 1.00 bits per heavy atom. The summed E-state index contributed by atoms with van der Waals surface area (Å²) in [6.45, 7) is 0.862. The highest BCUT2D eigenvalue weighted by atomic mass is 16.6. The fourth-order valence-corrected chi connectivity index (χ4v) is 2.65. The smallest absolute Gasteiger partial charge is 0.410 e. The van der Waals surface area contributed by atoms with Gasteiger partial charge in [0.25, 0.3) is 0 Å². The predicted molar refractivity (Wildman–Crippen MR) is 85.6 cm³/mol. The molecule has 3 rings (SSSR count). The second-order valence-corrected chi connectivity index (χ2v) is 5.34. The number of hydrogen-bond acceptors (Lipinski definition) is 4. The minimum absolute atomic E-state index is 0.0875. The fourth-order valence-electron chi connectivity index (χ4n) is 2.65. The van der Waals surface area contributed by atoms with Crippen LogP contribution in [0.15, 0.2) is 48.5 Å². The molecule has 1 saturated heterocycles. The molecule has 1 fully saturated rings. The first-order valence-electron chi connectivity index (χ1n) is 7.41. The maximum absolute atomic E-state index is 12.1. The number of rotatable bonds is 5. The van der Waals surface area contributed by atoms with E-state index in [4.69, 9.17) is 14.2 Å². The van der Waals surface area contributed by atoms with Gasteiger partial charge >= 0.3 is 6.09 Å². The molecule has 1 atom stereocenters. The monoisotopic (exact) mass is 313 g/mol. The van der Waals surface area contributed by atoms with E-state index < -0.39 is 0 Å². The molecule has 1 amide bonds. The lowest BCUT2D eigenvalue weighted by atomic mass is 10.1. The molecule has 0 radical (unpaired) electrons. The molecule has 0 aliphatic carbocycles. The van der Waals surface area contributed by atoms with Crippen LogP contribution in [0.1, 0.15) is 17.2 Å². The molecule has 0 spiro atoms. The van der Waals surface area contributed by atoms with Crippen molar-refractivity contribution in [2.24, 2.45) is 0 Å². The van der Waals surface area contributed by atoms with Crippen LogP contribution in [0.25, 0.3) is 0 Å². The van der Waals surface area contributed by atoms with Crippen LogP contribution < -0.4 is 9.47 Å². The maximum atomic E-state index is 12.1. The lowest BCUT2D eigenvalue weighted by Gasteiger charge is -2.22. The molecule has 120 valence electrons. The van der Waals surface area contributed by atoms with Crippen LogP contribution >= 0.6 is 0 Å². The van der Waals surface area contributed by atoms with Gasteiger partial charge in [-0.15, -0.1) is 0 Å². The average Bonchev–Trinajstić information content (AvgIpc) is 2.96. The second-order valence-electron chi connectivity index (χ2n) is 5.34. The molecule has 1 heterocycles. The Balaban J connectivity index is 1.78. The molecule has 0 unspecified atom stereocenters. The van der Waals surface area contributed by atoms with Crippen LogP contribution in [-0.4, -0.2) is 31.8 Å². The van der Waals surface area contributed by atoms with Gasteiger partial charge < -0.3 is 14.2 Å². The van der Waals surface area contributed by atoms with E-state index in [1.807, 2.05) is 48.5 Å². The number of amides is 1. The third-order valence-corrected chi connectivity index (χ3v) is 3.99. The number of benzene rings is 2. The highest BCUT2D eigenvalue weighted by Crippen LogP contribution is 2.30. The zero-order valence-electron chi connectivity index (χ0n) is 13.2. The zero-order valence-corrected chi connectivity index (χ0v) is 13.2. The van der Waals surface area contributed by atoms with Gasteiger partial charge in [-0.05, 0) is 35.4 Å². The normalized spacial score (nSPS) is 17.0. The van der Waals surface area contributed by atoms with Crippen molar-refractivity contribution in [1.29, 1.82) is 0 Å². The Morgan fingerprint density at radius 2 is 1.57 bits per heavy atom. The molecule has 0 saturated carbocycles. The highest BCUT2D eigenvalue weighted by molar-refractivity contribution is 5.70. The van der Waals surface area contributed by atoms with Crippen molar-refractivity contribution in [2.75, 3.05) is 20.8 Å². The van der Waals surface area contributed by atoms with E-state index in [-0.39, 0.29) is 12.1 Å². The summed E-state index contributed by atoms with van der Waals surface area (Å²) in [5.74, 6) is 1.59. The number of hydrogen-bond donors (Lipinski definition) is 0. The molecule has 1 aliphatic heterocycles. The summed E-state index contributed by atoms with van der Waals surface area (Å²) in [6.07, 6.45) is -0.290. The summed E-state index contributed by atoms with van der Waals surface area (Å²) in [6, 6.07) is 15.3. The molecule has 0 N–H and O–H groups in total. The Bertz CT molecular complexity index is 666. The quantitative estimate of drug-likeness (QED) is 0.849. The molecule has 5 heteroatoms. The number of carbonyl (C=O) groups excluding carboxylic acids is 1. The number of carbonyl (C=O) groups is 1. The van der Waals surface area contributed by atoms with E-state index >= 15 is 0 Å². The van der Waals surface area contributed by atoms with Crippen LogP contribution in [0.3, 0.4) is 0 Å². The fraction of sp³-hybridized carbons (Fsp3) is 0.278. The summed E-state index contributed by atoms with van der Waals surface area (Å²) < 4.78 is 15.6. The number of cyclic esters (lactones) is 1. The van der Waals surface area contributed by atoms with Crippen molar-refractivity contribution < 1.29 is 19.0 Å². The van der Waals surface area contributed by atoms with Gasteiger partial charge in [-0.3, -0.25) is 4.90 Å². The van der Waals surface area contributed by atoms with Gasteiger partial charge in [-0.2, -0.15) is 0 Å². The first-order valence-corrected chi connectivity index (χ1v) is 7.41. The van der Waals surface area contributed by atoms with E-state index in [1.54, 1.807) is 19.1 Å². The van der Waals surface area contributed by atoms with Gasteiger partial charge in [0.15, 0.2) is 0 Å². The van der Waals surface area contributed by atoms with Crippen molar-refractivity contribution >= 4 is 6.09 Å². The number of nitrogens with zero attached hydrogens (tertiary/aromatic N) is 1. The summed E-state index contributed by atoms with van der Waals surface area (Å²) in [5.41, 5.74) is 2.06. The SMILES string of the molecule is COc1ccc(CN2C(=O)OC[C@H]2c2ccc(OC)cc2)cc1. The molecule has 23 heavy (non-hydrogen) atoms. The largest absolute Gasteiger partial charge is 0.497 e. The molecule has 2 aromatic carbocycles.